The van der Waals surface area contributed by atoms with Crippen LogP contribution in [0.2, 0.25) is 0 Å². The van der Waals surface area contributed by atoms with Crippen LogP contribution in [0.4, 0.5) is 0 Å². The zero-order valence-electron chi connectivity index (χ0n) is 27.4. The van der Waals surface area contributed by atoms with E-state index in [1.807, 2.05) is 9.13 Å². The minimum atomic E-state index is -1.07. The van der Waals surface area contributed by atoms with Gasteiger partial charge >= 0.3 is 23.9 Å². The highest BCUT2D eigenvalue weighted by Gasteiger charge is 2.28. The van der Waals surface area contributed by atoms with Crippen LogP contribution < -0.4 is 0 Å². The third-order valence-corrected chi connectivity index (χ3v) is 8.96. The maximum Gasteiger partial charge on any atom is 0.335 e. The zero-order valence-corrected chi connectivity index (χ0v) is 27.4. The van der Waals surface area contributed by atoms with E-state index in [9.17, 15) is 39.6 Å². The van der Waals surface area contributed by atoms with Crippen LogP contribution in [-0.4, -0.2) is 63.4 Å². The Morgan fingerprint density at radius 2 is 0.692 bits per heavy atom. The summed E-state index contributed by atoms with van der Waals surface area (Å²) < 4.78 is 4.05. The molecule has 0 unspecified atom stereocenters. The van der Waals surface area contributed by atoms with E-state index in [1.54, 1.807) is 48.5 Å². The molecule has 0 bridgehead atoms. The number of aromatic carboxylic acids is 4. The fourth-order valence-electron chi connectivity index (χ4n) is 6.40. The van der Waals surface area contributed by atoms with Gasteiger partial charge in [0.15, 0.2) is 11.6 Å². The number of allylic oxidation sites excluding steroid dienone is 2. The third-order valence-electron chi connectivity index (χ3n) is 8.96. The van der Waals surface area contributed by atoms with Gasteiger partial charge in [-0.05, 0) is 61.4 Å². The van der Waals surface area contributed by atoms with Gasteiger partial charge in [-0.3, -0.25) is 0 Å². The molecular formula is C40H30N4O8. The summed E-state index contributed by atoms with van der Waals surface area (Å²) in [4.78, 5) is 57.2. The Kier molecular flexibility index (Phi) is 8.79. The Bertz CT molecular complexity index is 2220. The minimum absolute atomic E-state index is 0.111. The monoisotopic (exact) mass is 694 g/mol. The van der Waals surface area contributed by atoms with Crippen LogP contribution in [0.3, 0.4) is 0 Å². The van der Waals surface area contributed by atoms with Gasteiger partial charge in [-0.1, -0.05) is 60.7 Å². The third kappa shape index (κ3) is 6.24. The van der Waals surface area contributed by atoms with E-state index in [2.05, 4.69) is 12.2 Å². The lowest BCUT2D eigenvalue weighted by molar-refractivity contribution is 0.0686. The quantitative estimate of drug-likeness (QED) is 0.116. The average molecular weight is 695 g/mol. The molecule has 0 aliphatic carbocycles. The molecule has 7 rings (SSSR count). The predicted octanol–water partition coefficient (Wildman–Crippen LogP) is 7.56. The number of benzene rings is 4. The van der Waals surface area contributed by atoms with Crippen molar-refractivity contribution in [3.05, 3.63) is 131 Å². The van der Waals surface area contributed by atoms with E-state index in [4.69, 9.17) is 9.97 Å². The lowest BCUT2D eigenvalue weighted by atomic mass is 10.0. The number of hydrogen-bond acceptors (Lipinski definition) is 6. The van der Waals surface area contributed by atoms with Gasteiger partial charge < -0.3 is 29.6 Å². The first-order valence-corrected chi connectivity index (χ1v) is 16.3. The van der Waals surface area contributed by atoms with Crippen LogP contribution >= 0.6 is 0 Å². The van der Waals surface area contributed by atoms with E-state index in [0.717, 1.165) is 0 Å². The zero-order chi connectivity index (χ0) is 36.5. The lowest BCUT2D eigenvalue weighted by Gasteiger charge is -2.16. The first-order valence-electron chi connectivity index (χ1n) is 16.3. The second-order valence-electron chi connectivity index (χ2n) is 12.1. The molecular weight excluding hydrogens is 664 g/mol. The summed E-state index contributed by atoms with van der Waals surface area (Å²) in [5, 5.41) is 38.3. The van der Waals surface area contributed by atoms with Gasteiger partial charge in [-0.15, -0.1) is 0 Å². The van der Waals surface area contributed by atoms with Crippen molar-refractivity contribution in [3.63, 3.8) is 0 Å². The van der Waals surface area contributed by atoms with Crippen LogP contribution in [0.15, 0.2) is 109 Å². The number of carboxylic acid groups (broad SMARTS) is 4. The molecule has 0 radical (unpaired) electrons. The summed E-state index contributed by atoms with van der Waals surface area (Å²) in [5.41, 5.74) is 5.54. The van der Waals surface area contributed by atoms with Crippen LogP contribution in [0.5, 0.6) is 0 Å². The summed E-state index contributed by atoms with van der Waals surface area (Å²) in [6.45, 7) is 0.945. The Morgan fingerprint density at radius 1 is 0.423 bits per heavy atom. The smallest absolute Gasteiger partial charge is 0.335 e. The molecule has 52 heavy (non-hydrogen) atoms. The standard InChI is InChI=1S/C40H30N4O8/c45-37(46)27-13-5-23(6-14-27)31-33(25-9-17-29(18-10-25)39(49)50)43-21-3-1-2-4-22-44-34(26-11-19-30(20-12-26)40(51)52)32(42-36(44)35(43)41-31)24-7-15-28(16-8-24)38(47)48/h1-2,5-20H,3-4,21-22H2,(H,45,46)(H,47,48)(H,49,50)(H,51,52)/b2-1+. The van der Waals surface area contributed by atoms with Crippen molar-refractivity contribution in [2.45, 2.75) is 25.9 Å². The molecule has 4 aromatic carbocycles. The van der Waals surface area contributed by atoms with Crippen LogP contribution in [0.25, 0.3) is 56.7 Å². The molecule has 0 fully saturated rings. The van der Waals surface area contributed by atoms with E-state index in [-0.39, 0.29) is 22.3 Å². The van der Waals surface area contributed by atoms with Gasteiger partial charge in [0, 0.05) is 35.3 Å². The van der Waals surface area contributed by atoms with E-state index < -0.39 is 23.9 Å². The molecule has 2 aromatic heterocycles. The molecule has 12 nitrogen and oxygen atoms in total. The SMILES string of the molecule is O=C(O)c1ccc(-c2nc3n(c2-c2ccc(C(=O)O)cc2)CC/C=C/CCn2c-3nc(-c3ccc(C(=O)O)cc3)c2-c2ccc(C(=O)O)cc2)cc1. The number of imidazole rings is 2. The highest BCUT2D eigenvalue weighted by Crippen LogP contribution is 2.41. The molecule has 0 saturated heterocycles. The minimum Gasteiger partial charge on any atom is -0.478 e. The topological polar surface area (TPSA) is 185 Å². The molecule has 0 spiro atoms. The molecule has 3 heterocycles. The number of fused-ring (bicyclic) bond motifs is 3. The van der Waals surface area contributed by atoms with Crippen molar-refractivity contribution in [2.24, 2.45) is 0 Å². The molecule has 1 aliphatic heterocycles. The normalized spacial score (nSPS) is 13.1. The summed E-state index contributed by atoms with van der Waals surface area (Å²) in [7, 11) is 0. The molecule has 0 atom stereocenters. The summed E-state index contributed by atoms with van der Waals surface area (Å²) >= 11 is 0. The first-order chi connectivity index (χ1) is 25.1. The van der Waals surface area contributed by atoms with E-state index in [0.29, 0.717) is 82.6 Å². The van der Waals surface area contributed by atoms with Crippen molar-refractivity contribution >= 4 is 23.9 Å². The molecule has 258 valence electrons. The van der Waals surface area contributed by atoms with Gasteiger partial charge in [-0.2, -0.15) is 0 Å². The molecule has 6 aromatic rings. The summed E-state index contributed by atoms with van der Waals surface area (Å²) in [6.07, 6.45) is 5.46. The van der Waals surface area contributed by atoms with Gasteiger partial charge in [0.2, 0.25) is 0 Å². The number of rotatable bonds is 8. The molecule has 0 amide bonds. The Balaban J connectivity index is 1.53. The van der Waals surface area contributed by atoms with Gasteiger partial charge in [0.05, 0.1) is 45.0 Å². The number of nitrogens with zero attached hydrogens (tertiary/aromatic N) is 4. The second-order valence-corrected chi connectivity index (χ2v) is 12.1. The van der Waals surface area contributed by atoms with Crippen molar-refractivity contribution in [1.82, 2.24) is 19.1 Å². The van der Waals surface area contributed by atoms with Gasteiger partial charge in [0.25, 0.3) is 0 Å². The Morgan fingerprint density at radius 3 is 0.962 bits per heavy atom. The van der Waals surface area contributed by atoms with E-state index in [1.165, 1.54) is 48.5 Å². The fourth-order valence-corrected chi connectivity index (χ4v) is 6.40. The highest BCUT2D eigenvalue weighted by molar-refractivity contribution is 5.93. The Labute approximate surface area is 296 Å². The summed E-state index contributed by atoms with van der Waals surface area (Å²) in [6, 6.07) is 25.7. The lowest BCUT2D eigenvalue weighted by Crippen LogP contribution is -2.09. The first kappa shape index (κ1) is 33.4. The average Bonchev–Trinajstić information content (AvgIpc) is 3.72. The molecule has 1 aliphatic rings. The van der Waals surface area contributed by atoms with Crippen molar-refractivity contribution < 1.29 is 39.6 Å². The van der Waals surface area contributed by atoms with Gasteiger partial charge in [0.1, 0.15) is 0 Å². The van der Waals surface area contributed by atoms with Crippen molar-refractivity contribution in [2.75, 3.05) is 0 Å². The fraction of sp³-hybridized carbons (Fsp3) is 0.100. The van der Waals surface area contributed by atoms with Crippen LogP contribution in [0, 0.1) is 0 Å². The van der Waals surface area contributed by atoms with Crippen LogP contribution in [-0.2, 0) is 13.1 Å². The van der Waals surface area contributed by atoms with E-state index >= 15 is 0 Å². The number of hydrogen-bond donors (Lipinski definition) is 4. The molecule has 12 heteroatoms. The Hall–Kier alpha value is -7.08. The van der Waals surface area contributed by atoms with Crippen molar-refractivity contribution in [1.29, 1.82) is 0 Å². The maximum atomic E-state index is 11.7. The predicted molar refractivity (Wildman–Crippen MR) is 191 cm³/mol. The largest absolute Gasteiger partial charge is 0.478 e. The summed E-state index contributed by atoms with van der Waals surface area (Å²) in [5.74, 6) is -3.26. The highest BCUT2D eigenvalue weighted by atomic mass is 16.4. The maximum absolute atomic E-state index is 11.7. The second kappa shape index (κ2) is 13.7. The number of carboxylic acids is 4. The van der Waals surface area contributed by atoms with Crippen molar-refractivity contribution in [3.8, 4) is 56.7 Å². The molecule has 4 N–H and O–H groups in total. The number of aromatic nitrogens is 4. The van der Waals surface area contributed by atoms with Crippen LogP contribution in [0.1, 0.15) is 54.3 Å². The van der Waals surface area contributed by atoms with Gasteiger partial charge in [-0.25, -0.2) is 29.1 Å². The molecule has 0 saturated carbocycles. The number of carbonyl (C=O) groups is 4.